The largest absolute Gasteiger partial charge is 0.237 e. The van der Waals surface area contributed by atoms with E-state index in [1.807, 2.05) is 30.3 Å². The molecule has 0 saturated carbocycles. The highest BCUT2D eigenvalue weighted by Crippen LogP contribution is 2.28. The predicted molar refractivity (Wildman–Crippen MR) is 81.5 cm³/mol. The van der Waals surface area contributed by atoms with Gasteiger partial charge in [-0.2, -0.15) is 0 Å². The van der Waals surface area contributed by atoms with Gasteiger partial charge in [0.2, 0.25) is 0 Å². The maximum absolute atomic E-state index is 4.79. The van der Waals surface area contributed by atoms with Crippen molar-refractivity contribution >= 4 is 11.0 Å². The van der Waals surface area contributed by atoms with Crippen LogP contribution in [-0.4, -0.2) is 15.0 Å². The molecule has 3 rings (SSSR count). The average molecular weight is 263 g/mol. The minimum Gasteiger partial charge on any atom is -0.237 e. The Hall–Kier alpha value is -2.29. The van der Waals surface area contributed by atoms with Gasteiger partial charge in [-0.3, -0.25) is 0 Å². The molecule has 0 aliphatic carbocycles. The molecule has 100 valence electrons. The van der Waals surface area contributed by atoms with Crippen LogP contribution in [0.2, 0.25) is 0 Å². The summed E-state index contributed by atoms with van der Waals surface area (Å²) < 4.78 is 0. The van der Waals surface area contributed by atoms with E-state index < -0.39 is 0 Å². The summed E-state index contributed by atoms with van der Waals surface area (Å²) in [6.07, 6.45) is 1.77. The summed E-state index contributed by atoms with van der Waals surface area (Å²) in [7, 11) is 0. The zero-order chi connectivity index (χ0) is 14.2. The molecule has 0 fully saturated rings. The molecule has 2 aromatic heterocycles. The first-order valence-electron chi connectivity index (χ1n) is 6.74. The number of hydrogen-bond acceptors (Lipinski definition) is 3. The molecule has 20 heavy (non-hydrogen) atoms. The molecule has 0 N–H and O–H groups in total. The lowest BCUT2D eigenvalue weighted by atomic mass is 9.95. The first kappa shape index (κ1) is 12.7. The van der Waals surface area contributed by atoms with E-state index in [9.17, 15) is 0 Å². The van der Waals surface area contributed by atoms with Gasteiger partial charge in [-0.1, -0.05) is 51.1 Å². The number of fused-ring (bicyclic) bond motifs is 1. The molecule has 3 nitrogen and oxygen atoms in total. The van der Waals surface area contributed by atoms with Crippen molar-refractivity contribution in [2.45, 2.75) is 26.2 Å². The van der Waals surface area contributed by atoms with Crippen LogP contribution in [0.5, 0.6) is 0 Å². The Morgan fingerprint density at radius 2 is 1.60 bits per heavy atom. The second-order valence-electron chi connectivity index (χ2n) is 5.89. The van der Waals surface area contributed by atoms with Gasteiger partial charge < -0.3 is 0 Å². The Balaban J connectivity index is 2.34. The molecule has 0 amide bonds. The van der Waals surface area contributed by atoms with Crippen molar-refractivity contribution in [2.75, 3.05) is 0 Å². The van der Waals surface area contributed by atoms with Crippen molar-refractivity contribution in [3.8, 4) is 11.3 Å². The highest BCUT2D eigenvalue weighted by molar-refractivity contribution is 5.90. The third-order valence-electron chi connectivity index (χ3n) is 3.19. The standard InChI is InChI=1S/C17H17N3/c1-17(2,3)16-19-14(12-8-5-4-6-9-12)13-10-7-11-18-15(13)20-16/h4-11H,1-3H3. The molecule has 0 aliphatic rings. The van der Waals surface area contributed by atoms with Crippen LogP contribution in [0.25, 0.3) is 22.3 Å². The van der Waals surface area contributed by atoms with Gasteiger partial charge in [-0.15, -0.1) is 0 Å². The van der Waals surface area contributed by atoms with E-state index in [4.69, 9.17) is 4.98 Å². The summed E-state index contributed by atoms with van der Waals surface area (Å²) in [6, 6.07) is 14.1. The normalized spacial score (nSPS) is 11.8. The number of nitrogens with zero attached hydrogens (tertiary/aromatic N) is 3. The van der Waals surface area contributed by atoms with E-state index >= 15 is 0 Å². The monoisotopic (exact) mass is 263 g/mol. The minimum atomic E-state index is -0.102. The lowest BCUT2D eigenvalue weighted by Gasteiger charge is -2.18. The molecule has 3 aromatic rings. The van der Waals surface area contributed by atoms with Gasteiger partial charge >= 0.3 is 0 Å². The quantitative estimate of drug-likeness (QED) is 0.666. The van der Waals surface area contributed by atoms with Crippen LogP contribution in [-0.2, 0) is 5.41 Å². The van der Waals surface area contributed by atoms with Gasteiger partial charge in [0, 0.05) is 22.6 Å². The maximum Gasteiger partial charge on any atom is 0.163 e. The Morgan fingerprint density at radius 3 is 2.30 bits per heavy atom. The topological polar surface area (TPSA) is 38.7 Å². The Morgan fingerprint density at radius 1 is 0.850 bits per heavy atom. The third kappa shape index (κ3) is 2.27. The van der Waals surface area contributed by atoms with Gasteiger partial charge in [0.05, 0.1) is 5.69 Å². The van der Waals surface area contributed by atoms with Crippen molar-refractivity contribution in [3.63, 3.8) is 0 Å². The summed E-state index contributed by atoms with van der Waals surface area (Å²) in [5.74, 6) is 0.822. The summed E-state index contributed by atoms with van der Waals surface area (Å²) >= 11 is 0. The van der Waals surface area contributed by atoms with E-state index in [1.54, 1.807) is 6.20 Å². The van der Waals surface area contributed by atoms with Gasteiger partial charge in [0.1, 0.15) is 5.82 Å². The Labute approximate surface area is 118 Å². The van der Waals surface area contributed by atoms with Crippen LogP contribution in [0.3, 0.4) is 0 Å². The molecule has 0 bridgehead atoms. The number of rotatable bonds is 1. The fourth-order valence-corrected chi connectivity index (χ4v) is 2.11. The van der Waals surface area contributed by atoms with E-state index in [-0.39, 0.29) is 5.41 Å². The second kappa shape index (κ2) is 4.67. The lowest BCUT2D eigenvalue weighted by molar-refractivity contribution is 0.548. The van der Waals surface area contributed by atoms with Crippen molar-refractivity contribution in [2.24, 2.45) is 0 Å². The van der Waals surface area contributed by atoms with E-state index in [0.717, 1.165) is 28.1 Å². The van der Waals surface area contributed by atoms with Crippen molar-refractivity contribution in [1.29, 1.82) is 0 Å². The Kier molecular flexibility index (Phi) is 2.97. The van der Waals surface area contributed by atoms with Crippen LogP contribution in [0.4, 0.5) is 0 Å². The van der Waals surface area contributed by atoms with E-state index in [0.29, 0.717) is 0 Å². The number of pyridine rings is 1. The third-order valence-corrected chi connectivity index (χ3v) is 3.19. The average Bonchev–Trinajstić information content (AvgIpc) is 2.46. The number of aromatic nitrogens is 3. The van der Waals surface area contributed by atoms with Crippen LogP contribution in [0.15, 0.2) is 48.7 Å². The van der Waals surface area contributed by atoms with E-state index in [1.165, 1.54) is 0 Å². The summed E-state index contributed by atoms with van der Waals surface area (Å²) in [6.45, 7) is 6.35. The maximum atomic E-state index is 4.79. The van der Waals surface area contributed by atoms with Gasteiger partial charge in [-0.05, 0) is 12.1 Å². The van der Waals surface area contributed by atoms with E-state index in [2.05, 4.69) is 42.9 Å². The van der Waals surface area contributed by atoms with Crippen molar-refractivity contribution in [1.82, 2.24) is 15.0 Å². The second-order valence-corrected chi connectivity index (χ2v) is 5.89. The first-order chi connectivity index (χ1) is 9.55. The summed E-state index contributed by atoms with van der Waals surface area (Å²) in [5.41, 5.74) is 2.70. The zero-order valence-corrected chi connectivity index (χ0v) is 12.0. The molecule has 0 unspecified atom stereocenters. The number of benzene rings is 1. The molecule has 1 aromatic carbocycles. The molecule has 0 aliphatic heterocycles. The van der Waals surface area contributed by atoms with Crippen LogP contribution >= 0.6 is 0 Å². The smallest absolute Gasteiger partial charge is 0.163 e. The van der Waals surface area contributed by atoms with Gasteiger partial charge in [0.25, 0.3) is 0 Å². The van der Waals surface area contributed by atoms with Crippen molar-refractivity contribution in [3.05, 3.63) is 54.5 Å². The molecule has 0 radical (unpaired) electrons. The molecule has 2 heterocycles. The first-order valence-corrected chi connectivity index (χ1v) is 6.74. The van der Waals surface area contributed by atoms with Crippen LogP contribution in [0.1, 0.15) is 26.6 Å². The fraction of sp³-hybridized carbons (Fsp3) is 0.235. The van der Waals surface area contributed by atoms with Gasteiger partial charge in [-0.25, -0.2) is 15.0 Å². The SMILES string of the molecule is CC(C)(C)c1nc(-c2ccccc2)c2cccnc2n1. The van der Waals surface area contributed by atoms with Crippen LogP contribution < -0.4 is 0 Å². The molecule has 3 heteroatoms. The van der Waals surface area contributed by atoms with Crippen LogP contribution in [0, 0.1) is 0 Å². The van der Waals surface area contributed by atoms with Crippen molar-refractivity contribution < 1.29 is 0 Å². The molecule has 0 spiro atoms. The molecule has 0 atom stereocenters. The fourth-order valence-electron chi connectivity index (χ4n) is 2.11. The molecular formula is C17H17N3. The minimum absolute atomic E-state index is 0.102. The molecule has 0 saturated heterocycles. The summed E-state index contributed by atoms with van der Waals surface area (Å²) in [5, 5.41) is 0.992. The molecular weight excluding hydrogens is 246 g/mol. The highest BCUT2D eigenvalue weighted by atomic mass is 15.0. The highest BCUT2D eigenvalue weighted by Gasteiger charge is 2.20. The lowest BCUT2D eigenvalue weighted by Crippen LogP contribution is -2.16. The zero-order valence-electron chi connectivity index (χ0n) is 12.0. The number of hydrogen-bond donors (Lipinski definition) is 0. The Bertz CT molecular complexity index is 743. The predicted octanol–water partition coefficient (Wildman–Crippen LogP) is 3.99. The van der Waals surface area contributed by atoms with Gasteiger partial charge in [0.15, 0.2) is 5.65 Å². The summed E-state index contributed by atoms with van der Waals surface area (Å²) in [4.78, 5) is 13.8.